The molecule has 0 amide bonds. The third kappa shape index (κ3) is 8.42. The fourth-order valence-electron chi connectivity index (χ4n) is 3.42. The first-order valence-electron chi connectivity index (χ1n) is 9.89. The Hall–Kier alpha value is -0.560. The molecule has 0 saturated heterocycles. The Morgan fingerprint density at radius 2 is 1.96 bits per heavy atom. The molecule has 0 heterocycles. The fourth-order valence-corrected chi connectivity index (χ4v) is 5.04. The number of aliphatic hydroxyl groups is 3. The normalized spacial score (nSPS) is 28.5. The van der Waals surface area contributed by atoms with E-state index in [1.165, 1.54) is 0 Å². The minimum Gasteiger partial charge on any atom is -0.481 e. The Kier molecular flexibility index (Phi) is 11.5. The van der Waals surface area contributed by atoms with Crippen LogP contribution in [0.1, 0.15) is 65.2 Å². The molecular formula is C20H36O5S. The number of aliphatic carboxylic acids is 1. The minimum atomic E-state index is -0.782. The first-order valence-corrected chi connectivity index (χ1v) is 10.9. The van der Waals surface area contributed by atoms with Gasteiger partial charge in [0.25, 0.3) is 0 Å². The highest BCUT2D eigenvalue weighted by atomic mass is 32.2. The number of carboxylic acids is 1. The summed E-state index contributed by atoms with van der Waals surface area (Å²) >= 11 is 1.57. The van der Waals surface area contributed by atoms with Crippen molar-refractivity contribution in [1.29, 1.82) is 0 Å². The summed E-state index contributed by atoms with van der Waals surface area (Å²) in [4.78, 5) is 10.5. The van der Waals surface area contributed by atoms with E-state index in [1.807, 2.05) is 12.2 Å². The van der Waals surface area contributed by atoms with Crippen LogP contribution in [0.25, 0.3) is 0 Å². The molecule has 4 unspecified atom stereocenters. The first-order chi connectivity index (χ1) is 12.4. The van der Waals surface area contributed by atoms with Gasteiger partial charge in [0.05, 0.1) is 18.3 Å². The van der Waals surface area contributed by atoms with Crippen LogP contribution in [0, 0.1) is 11.8 Å². The molecule has 6 atom stereocenters. The highest BCUT2D eigenvalue weighted by molar-refractivity contribution is 8.00. The Morgan fingerprint density at radius 1 is 1.23 bits per heavy atom. The molecule has 0 aromatic carbocycles. The van der Waals surface area contributed by atoms with Gasteiger partial charge in [-0.1, -0.05) is 38.8 Å². The van der Waals surface area contributed by atoms with Crippen LogP contribution < -0.4 is 0 Å². The first kappa shape index (κ1) is 23.5. The maximum Gasteiger partial charge on any atom is 0.303 e. The van der Waals surface area contributed by atoms with Crippen molar-refractivity contribution < 1.29 is 25.2 Å². The highest BCUT2D eigenvalue weighted by Crippen LogP contribution is 2.38. The number of aliphatic hydroxyl groups excluding tert-OH is 3. The predicted octanol–water partition coefficient (Wildman–Crippen LogP) is 3.22. The largest absolute Gasteiger partial charge is 0.481 e. The van der Waals surface area contributed by atoms with Crippen molar-refractivity contribution in [1.82, 2.24) is 0 Å². The summed E-state index contributed by atoms with van der Waals surface area (Å²) in [6.07, 6.45) is 8.29. The van der Waals surface area contributed by atoms with Crippen LogP contribution in [0.3, 0.4) is 0 Å². The Labute approximate surface area is 161 Å². The predicted molar refractivity (Wildman–Crippen MR) is 106 cm³/mol. The molecule has 1 saturated carbocycles. The molecule has 6 heteroatoms. The molecule has 1 fully saturated rings. The van der Waals surface area contributed by atoms with Crippen molar-refractivity contribution in [2.45, 2.75) is 88.8 Å². The number of thioether (sulfide) groups is 1. The second-order valence-corrected chi connectivity index (χ2v) is 8.72. The molecule has 0 bridgehead atoms. The number of hydrogen-bond donors (Lipinski definition) is 4. The van der Waals surface area contributed by atoms with E-state index in [-0.39, 0.29) is 29.6 Å². The van der Waals surface area contributed by atoms with Crippen molar-refractivity contribution in [3.05, 3.63) is 12.2 Å². The second kappa shape index (κ2) is 12.8. The van der Waals surface area contributed by atoms with Crippen LogP contribution >= 0.6 is 11.8 Å². The lowest BCUT2D eigenvalue weighted by atomic mass is 9.99. The zero-order valence-electron chi connectivity index (χ0n) is 16.1. The van der Waals surface area contributed by atoms with Crippen LogP contribution in [-0.2, 0) is 4.79 Å². The minimum absolute atomic E-state index is 0.0242. The van der Waals surface area contributed by atoms with E-state index in [0.29, 0.717) is 31.4 Å². The summed E-state index contributed by atoms with van der Waals surface area (Å²) in [6, 6.07) is 0. The molecular weight excluding hydrogens is 352 g/mol. The summed E-state index contributed by atoms with van der Waals surface area (Å²) in [5.74, 6) is 0.0244. The lowest BCUT2D eigenvalue weighted by Gasteiger charge is -2.25. The quantitative estimate of drug-likeness (QED) is 0.286. The molecule has 0 spiro atoms. The van der Waals surface area contributed by atoms with Crippen molar-refractivity contribution >= 4 is 17.7 Å². The van der Waals surface area contributed by atoms with Gasteiger partial charge in [0.2, 0.25) is 0 Å². The molecule has 152 valence electrons. The lowest BCUT2D eigenvalue weighted by Crippen LogP contribution is -2.28. The number of allylic oxidation sites excluding steroid dienone is 2. The molecule has 26 heavy (non-hydrogen) atoms. The summed E-state index contributed by atoms with van der Waals surface area (Å²) in [6.45, 7) is 4.21. The van der Waals surface area contributed by atoms with E-state index in [1.54, 1.807) is 11.8 Å². The third-order valence-electron chi connectivity index (χ3n) is 5.24. The number of carboxylic acid groups (broad SMARTS) is 1. The topological polar surface area (TPSA) is 98.0 Å². The van der Waals surface area contributed by atoms with E-state index in [0.717, 1.165) is 19.3 Å². The van der Waals surface area contributed by atoms with Gasteiger partial charge in [-0.25, -0.2) is 0 Å². The maximum atomic E-state index is 10.5. The van der Waals surface area contributed by atoms with Crippen molar-refractivity contribution in [2.24, 2.45) is 11.8 Å². The van der Waals surface area contributed by atoms with Crippen molar-refractivity contribution in [3.8, 4) is 0 Å². The Bertz CT molecular complexity index is 428. The van der Waals surface area contributed by atoms with Crippen molar-refractivity contribution in [3.63, 3.8) is 0 Å². The number of rotatable bonds is 13. The smallest absolute Gasteiger partial charge is 0.303 e. The molecule has 1 rings (SSSR count). The second-order valence-electron chi connectivity index (χ2n) is 7.51. The van der Waals surface area contributed by atoms with Gasteiger partial charge in [-0.05, 0) is 31.6 Å². The van der Waals surface area contributed by atoms with Gasteiger partial charge < -0.3 is 20.4 Å². The van der Waals surface area contributed by atoms with Gasteiger partial charge in [0.15, 0.2) is 0 Å². The lowest BCUT2D eigenvalue weighted by molar-refractivity contribution is -0.137. The van der Waals surface area contributed by atoms with E-state index in [4.69, 9.17) is 5.11 Å². The van der Waals surface area contributed by atoms with Crippen LogP contribution in [0.5, 0.6) is 0 Å². The van der Waals surface area contributed by atoms with Gasteiger partial charge in [-0.3, -0.25) is 4.79 Å². The SMILES string of the molecule is CCCCC(C)C(O)CS[C@H]1C(O)CC(O)[C@@H]1CC=CCCCC(=O)O. The summed E-state index contributed by atoms with van der Waals surface area (Å²) in [5.41, 5.74) is 0. The van der Waals surface area contributed by atoms with Gasteiger partial charge in [0, 0.05) is 29.8 Å². The molecule has 5 nitrogen and oxygen atoms in total. The summed E-state index contributed by atoms with van der Waals surface area (Å²) < 4.78 is 0. The van der Waals surface area contributed by atoms with Gasteiger partial charge in [-0.2, -0.15) is 11.8 Å². The highest BCUT2D eigenvalue weighted by Gasteiger charge is 2.41. The van der Waals surface area contributed by atoms with Crippen LogP contribution in [-0.4, -0.2) is 55.7 Å². The molecule has 1 aliphatic carbocycles. The van der Waals surface area contributed by atoms with Crippen LogP contribution in [0.4, 0.5) is 0 Å². The molecule has 0 aromatic rings. The molecule has 0 aromatic heterocycles. The number of carbonyl (C=O) groups is 1. The standard InChI is InChI=1S/C20H36O5S/c1-3-4-9-14(2)18(23)13-26-20-15(16(21)12-17(20)22)10-7-5-6-8-11-19(24)25/h5,7,14-18,20-23H,3-4,6,8-13H2,1-2H3,(H,24,25)/t14?,15-,16?,17?,18?,20+/m0/s1. The zero-order valence-corrected chi connectivity index (χ0v) is 16.9. The molecule has 0 radical (unpaired) electrons. The van der Waals surface area contributed by atoms with E-state index in [9.17, 15) is 20.1 Å². The van der Waals surface area contributed by atoms with Gasteiger partial charge in [0.1, 0.15) is 0 Å². The van der Waals surface area contributed by atoms with E-state index < -0.39 is 18.2 Å². The Balaban J connectivity index is 2.43. The summed E-state index contributed by atoms with van der Waals surface area (Å²) in [7, 11) is 0. The monoisotopic (exact) mass is 388 g/mol. The zero-order chi connectivity index (χ0) is 19.5. The number of unbranched alkanes of at least 4 members (excludes halogenated alkanes) is 2. The Morgan fingerprint density at radius 3 is 2.62 bits per heavy atom. The molecule has 0 aliphatic heterocycles. The maximum absolute atomic E-state index is 10.5. The number of hydrogen-bond acceptors (Lipinski definition) is 5. The van der Waals surface area contributed by atoms with Gasteiger partial charge in [-0.15, -0.1) is 0 Å². The van der Waals surface area contributed by atoms with E-state index in [2.05, 4.69) is 13.8 Å². The molecule has 4 N–H and O–H groups in total. The molecule has 1 aliphatic rings. The van der Waals surface area contributed by atoms with Crippen molar-refractivity contribution in [2.75, 3.05) is 5.75 Å². The summed E-state index contributed by atoms with van der Waals surface area (Å²) in [5, 5.41) is 39.4. The van der Waals surface area contributed by atoms with Crippen LogP contribution in [0.15, 0.2) is 12.2 Å². The average molecular weight is 389 g/mol. The van der Waals surface area contributed by atoms with Gasteiger partial charge >= 0.3 is 5.97 Å². The van der Waals surface area contributed by atoms with E-state index >= 15 is 0 Å². The average Bonchev–Trinajstić information content (AvgIpc) is 2.86. The third-order valence-corrected chi connectivity index (χ3v) is 6.83. The van der Waals surface area contributed by atoms with Crippen LogP contribution in [0.2, 0.25) is 0 Å². The fraction of sp³-hybridized carbons (Fsp3) is 0.850.